The highest BCUT2D eigenvalue weighted by Crippen LogP contribution is 2.37. The fraction of sp³-hybridized carbons (Fsp3) is 0.429. The zero-order valence-electron chi connectivity index (χ0n) is 10.2. The summed E-state index contributed by atoms with van der Waals surface area (Å²) in [5, 5.41) is 13.4. The lowest BCUT2D eigenvalue weighted by Crippen LogP contribution is -2.29. The van der Waals surface area contributed by atoms with E-state index in [4.69, 9.17) is 9.47 Å². The number of nitrogens with one attached hydrogen (secondary N) is 1. The van der Waals surface area contributed by atoms with E-state index >= 15 is 0 Å². The molecule has 1 heterocycles. The first-order chi connectivity index (χ1) is 8.83. The third kappa shape index (κ3) is 2.29. The Hall–Kier alpha value is -1.68. The number of rotatable bonds is 3. The van der Waals surface area contributed by atoms with Gasteiger partial charge in [-0.15, -0.1) is 0 Å². The van der Waals surface area contributed by atoms with Crippen LogP contribution < -0.4 is 14.8 Å². The van der Waals surface area contributed by atoms with Crippen LogP contribution in [0, 0.1) is 0 Å². The second-order valence-electron chi connectivity index (χ2n) is 4.70. The van der Waals surface area contributed by atoms with E-state index in [-0.39, 0.29) is 12.5 Å². The quantitative estimate of drug-likeness (QED) is 0.805. The molecule has 0 bridgehead atoms. The van der Waals surface area contributed by atoms with Gasteiger partial charge in [-0.25, -0.2) is 0 Å². The summed E-state index contributed by atoms with van der Waals surface area (Å²) in [6.07, 6.45) is 7.77. The zero-order valence-corrected chi connectivity index (χ0v) is 10.2. The molecule has 3 rings (SSSR count). The molecule has 1 atom stereocenters. The molecule has 4 heteroatoms. The standard InChI is InChI=1S/C14H17NO3/c16-12-7-14-13(17-9-18-14)6-10(12)8-15-11-4-2-1-3-5-11/h1-2,6-7,11,15-16H,3-5,8-9H2. The van der Waals surface area contributed by atoms with E-state index < -0.39 is 0 Å². The van der Waals surface area contributed by atoms with Crippen molar-refractivity contribution in [1.29, 1.82) is 0 Å². The number of fused-ring (bicyclic) bond motifs is 1. The van der Waals surface area contributed by atoms with Gasteiger partial charge in [-0.2, -0.15) is 0 Å². The second-order valence-corrected chi connectivity index (χ2v) is 4.70. The molecule has 1 aromatic carbocycles. The van der Waals surface area contributed by atoms with Crippen molar-refractivity contribution in [2.75, 3.05) is 6.79 Å². The Bertz CT molecular complexity index is 470. The summed E-state index contributed by atoms with van der Waals surface area (Å²) in [5.74, 6) is 1.60. The Morgan fingerprint density at radius 1 is 1.22 bits per heavy atom. The van der Waals surface area contributed by atoms with Gasteiger partial charge in [0.15, 0.2) is 11.5 Å². The molecule has 1 aliphatic heterocycles. The minimum absolute atomic E-state index is 0.235. The van der Waals surface area contributed by atoms with Crippen molar-refractivity contribution < 1.29 is 14.6 Å². The molecule has 1 unspecified atom stereocenters. The molecule has 0 spiro atoms. The van der Waals surface area contributed by atoms with Gasteiger partial charge in [0.1, 0.15) is 5.75 Å². The first-order valence-corrected chi connectivity index (χ1v) is 6.33. The van der Waals surface area contributed by atoms with Crippen LogP contribution in [0.1, 0.15) is 24.8 Å². The maximum Gasteiger partial charge on any atom is 0.231 e. The van der Waals surface area contributed by atoms with E-state index in [1.807, 2.05) is 6.07 Å². The molecule has 0 fully saturated rings. The fourth-order valence-electron chi connectivity index (χ4n) is 2.35. The van der Waals surface area contributed by atoms with Gasteiger partial charge in [0, 0.05) is 24.2 Å². The van der Waals surface area contributed by atoms with Crippen molar-refractivity contribution >= 4 is 0 Å². The number of allylic oxidation sites excluding steroid dienone is 1. The van der Waals surface area contributed by atoms with Crippen LogP contribution in [0.5, 0.6) is 17.2 Å². The number of phenols is 1. The van der Waals surface area contributed by atoms with Gasteiger partial charge < -0.3 is 19.9 Å². The van der Waals surface area contributed by atoms with E-state index in [0.29, 0.717) is 24.1 Å². The minimum Gasteiger partial charge on any atom is -0.507 e. The molecule has 0 radical (unpaired) electrons. The number of phenolic OH excluding ortho intramolecular Hbond substituents is 1. The van der Waals surface area contributed by atoms with Gasteiger partial charge in [-0.1, -0.05) is 12.2 Å². The van der Waals surface area contributed by atoms with Crippen LogP contribution in [0.2, 0.25) is 0 Å². The van der Waals surface area contributed by atoms with E-state index in [1.54, 1.807) is 6.07 Å². The smallest absolute Gasteiger partial charge is 0.231 e. The number of aromatic hydroxyl groups is 1. The van der Waals surface area contributed by atoms with Gasteiger partial charge >= 0.3 is 0 Å². The lowest BCUT2D eigenvalue weighted by atomic mass is 10.0. The molecule has 18 heavy (non-hydrogen) atoms. The Morgan fingerprint density at radius 3 is 2.83 bits per heavy atom. The summed E-state index contributed by atoms with van der Waals surface area (Å²) in [5.41, 5.74) is 0.855. The van der Waals surface area contributed by atoms with Crippen LogP contribution in [-0.4, -0.2) is 17.9 Å². The Morgan fingerprint density at radius 2 is 2.06 bits per heavy atom. The summed E-state index contributed by atoms with van der Waals surface area (Å²) in [6, 6.07) is 3.98. The lowest BCUT2D eigenvalue weighted by Gasteiger charge is -2.19. The summed E-state index contributed by atoms with van der Waals surface area (Å²) in [4.78, 5) is 0. The summed E-state index contributed by atoms with van der Waals surface area (Å²) < 4.78 is 10.5. The molecule has 0 aromatic heterocycles. The second kappa shape index (κ2) is 4.90. The average molecular weight is 247 g/mol. The predicted molar refractivity (Wildman–Crippen MR) is 67.8 cm³/mol. The van der Waals surface area contributed by atoms with Crippen LogP contribution >= 0.6 is 0 Å². The van der Waals surface area contributed by atoms with Crippen molar-refractivity contribution in [2.24, 2.45) is 0 Å². The number of ether oxygens (including phenoxy) is 2. The van der Waals surface area contributed by atoms with Gasteiger partial charge in [0.25, 0.3) is 0 Å². The Labute approximate surface area is 106 Å². The highest BCUT2D eigenvalue weighted by atomic mass is 16.7. The maximum atomic E-state index is 9.91. The van der Waals surface area contributed by atoms with Crippen molar-refractivity contribution in [2.45, 2.75) is 31.8 Å². The molecular weight excluding hydrogens is 230 g/mol. The third-order valence-electron chi connectivity index (χ3n) is 3.42. The van der Waals surface area contributed by atoms with E-state index in [0.717, 1.165) is 24.8 Å². The van der Waals surface area contributed by atoms with Crippen LogP contribution in [-0.2, 0) is 6.54 Å². The highest BCUT2D eigenvalue weighted by molar-refractivity contribution is 5.51. The molecular formula is C14H17NO3. The number of hydrogen-bond acceptors (Lipinski definition) is 4. The number of benzene rings is 1. The number of hydrogen-bond donors (Lipinski definition) is 2. The monoisotopic (exact) mass is 247 g/mol. The molecule has 1 aromatic rings. The Kier molecular flexibility index (Phi) is 3.11. The molecule has 4 nitrogen and oxygen atoms in total. The van der Waals surface area contributed by atoms with E-state index in [9.17, 15) is 5.11 Å². The summed E-state index contributed by atoms with van der Waals surface area (Å²) >= 11 is 0. The van der Waals surface area contributed by atoms with Crippen molar-refractivity contribution in [3.05, 3.63) is 29.8 Å². The largest absolute Gasteiger partial charge is 0.507 e. The molecule has 2 aliphatic rings. The maximum absolute atomic E-state index is 9.91. The SMILES string of the molecule is Oc1cc2c(cc1CNC1CC=CCC1)OCO2. The predicted octanol–water partition coefficient (Wildman–Crippen LogP) is 2.32. The van der Waals surface area contributed by atoms with Gasteiger partial charge in [0.05, 0.1) is 0 Å². The first-order valence-electron chi connectivity index (χ1n) is 6.33. The van der Waals surface area contributed by atoms with Crippen LogP contribution in [0.25, 0.3) is 0 Å². The zero-order chi connectivity index (χ0) is 12.4. The Balaban J connectivity index is 1.67. The third-order valence-corrected chi connectivity index (χ3v) is 3.42. The fourth-order valence-corrected chi connectivity index (χ4v) is 2.35. The van der Waals surface area contributed by atoms with Crippen LogP contribution in [0.15, 0.2) is 24.3 Å². The first kappa shape index (κ1) is 11.4. The normalized spacial score (nSPS) is 21.2. The molecule has 1 aliphatic carbocycles. The van der Waals surface area contributed by atoms with Crippen molar-refractivity contribution in [1.82, 2.24) is 5.32 Å². The topological polar surface area (TPSA) is 50.7 Å². The molecule has 0 saturated heterocycles. The minimum atomic E-state index is 0.235. The molecule has 0 saturated carbocycles. The average Bonchev–Trinajstić information content (AvgIpc) is 2.84. The molecule has 96 valence electrons. The van der Waals surface area contributed by atoms with E-state index in [1.165, 1.54) is 0 Å². The molecule has 0 amide bonds. The highest BCUT2D eigenvalue weighted by Gasteiger charge is 2.17. The van der Waals surface area contributed by atoms with E-state index in [2.05, 4.69) is 17.5 Å². The molecule has 2 N–H and O–H groups in total. The van der Waals surface area contributed by atoms with Crippen LogP contribution in [0.3, 0.4) is 0 Å². The van der Waals surface area contributed by atoms with Gasteiger partial charge in [-0.3, -0.25) is 0 Å². The summed E-state index contributed by atoms with van der Waals surface area (Å²) in [7, 11) is 0. The van der Waals surface area contributed by atoms with Gasteiger partial charge in [-0.05, 0) is 25.3 Å². The van der Waals surface area contributed by atoms with Crippen LogP contribution in [0.4, 0.5) is 0 Å². The lowest BCUT2D eigenvalue weighted by molar-refractivity contribution is 0.174. The van der Waals surface area contributed by atoms with Crippen molar-refractivity contribution in [3.8, 4) is 17.2 Å². The van der Waals surface area contributed by atoms with Crippen molar-refractivity contribution in [3.63, 3.8) is 0 Å². The van der Waals surface area contributed by atoms with Gasteiger partial charge in [0.2, 0.25) is 6.79 Å². The summed E-state index contributed by atoms with van der Waals surface area (Å²) in [6.45, 7) is 0.889.